The Hall–Kier alpha value is -1.85. The lowest BCUT2D eigenvalue weighted by atomic mass is 9.90. The molecule has 20 heavy (non-hydrogen) atoms. The molecule has 1 saturated carbocycles. The van der Waals surface area contributed by atoms with Crippen LogP contribution < -0.4 is 14.6 Å². The molecule has 0 spiro atoms. The van der Waals surface area contributed by atoms with E-state index in [-0.39, 0.29) is 0 Å². The van der Waals surface area contributed by atoms with E-state index in [1.807, 2.05) is 19.0 Å². The van der Waals surface area contributed by atoms with Crippen molar-refractivity contribution < 1.29 is 9.72 Å². The van der Waals surface area contributed by atoms with Crippen molar-refractivity contribution in [1.29, 1.82) is 0 Å². The SMILES string of the molecule is CN(C)c1nc2nc[nH]c2c(OCC2CCCCC2)[nH+]1. The van der Waals surface area contributed by atoms with E-state index >= 15 is 0 Å². The van der Waals surface area contributed by atoms with Gasteiger partial charge in [0, 0.05) is 0 Å². The van der Waals surface area contributed by atoms with Gasteiger partial charge < -0.3 is 9.72 Å². The van der Waals surface area contributed by atoms with E-state index in [2.05, 4.69) is 19.9 Å². The first-order chi connectivity index (χ1) is 9.74. The Morgan fingerprint density at radius 1 is 1.35 bits per heavy atom. The third-order valence-electron chi connectivity index (χ3n) is 3.90. The van der Waals surface area contributed by atoms with Crippen molar-refractivity contribution in [1.82, 2.24) is 15.0 Å². The quantitative estimate of drug-likeness (QED) is 0.924. The highest BCUT2D eigenvalue weighted by Gasteiger charge is 2.20. The molecule has 0 atom stereocenters. The monoisotopic (exact) mass is 276 g/mol. The molecule has 1 aliphatic rings. The van der Waals surface area contributed by atoms with Crippen molar-refractivity contribution in [3.63, 3.8) is 0 Å². The fourth-order valence-electron chi connectivity index (χ4n) is 2.71. The number of anilines is 1. The number of aromatic nitrogens is 4. The van der Waals surface area contributed by atoms with Gasteiger partial charge in [-0.2, -0.15) is 0 Å². The molecule has 0 unspecified atom stereocenters. The molecule has 3 rings (SSSR count). The molecule has 2 aromatic rings. The molecule has 108 valence electrons. The summed E-state index contributed by atoms with van der Waals surface area (Å²) < 4.78 is 6.01. The van der Waals surface area contributed by atoms with Crippen molar-refractivity contribution in [2.75, 3.05) is 25.6 Å². The number of nitrogens with one attached hydrogen (secondary N) is 2. The van der Waals surface area contributed by atoms with E-state index < -0.39 is 0 Å². The Morgan fingerprint density at radius 2 is 2.15 bits per heavy atom. The number of aromatic amines is 2. The Balaban J connectivity index is 1.80. The van der Waals surface area contributed by atoms with E-state index in [1.165, 1.54) is 32.1 Å². The van der Waals surface area contributed by atoms with Crippen LogP contribution in [-0.2, 0) is 0 Å². The molecule has 2 aromatic heterocycles. The van der Waals surface area contributed by atoms with E-state index in [0.717, 1.165) is 24.0 Å². The third kappa shape index (κ3) is 2.69. The predicted octanol–water partition coefficient (Wildman–Crippen LogP) is 1.80. The molecular formula is C14H22N5O+. The first kappa shape index (κ1) is 13.1. The Bertz CT molecular complexity index is 574. The van der Waals surface area contributed by atoms with Crippen molar-refractivity contribution in [2.45, 2.75) is 32.1 Å². The number of H-pyrrole nitrogens is 2. The minimum absolute atomic E-state index is 0.672. The second-order valence-electron chi connectivity index (χ2n) is 5.70. The fourth-order valence-corrected chi connectivity index (χ4v) is 2.71. The van der Waals surface area contributed by atoms with Gasteiger partial charge in [-0.15, -0.1) is 0 Å². The molecule has 2 N–H and O–H groups in total. The second-order valence-corrected chi connectivity index (χ2v) is 5.70. The Labute approximate surface area is 118 Å². The van der Waals surface area contributed by atoms with Crippen LogP contribution in [0.1, 0.15) is 32.1 Å². The Morgan fingerprint density at radius 3 is 2.90 bits per heavy atom. The van der Waals surface area contributed by atoms with Crippen molar-refractivity contribution in [2.24, 2.45) is 5.92 Å². The maximum Gasteiger partial charge on any atom is 0.396 e. The average Bonchev–Trinajstić information content (AvgIpc) is 2.94. The molecule has 1 aliphatic carbocycles. The molecule has 0 aliphatic heterocycles. The Kier molecular flexibility index (Phi) is 3.71. The first-order valence-electron chi connectivity index (χ1n) is 7.30. The summed E-state index contributed by atoms with van der Waals surface area (Å²) in [5, 5.41) is 0. The number of imidazole rings is 1. The molecule has 0 amide bonds. The van der Waals surface area contributed by atoms with Crippen LogP contribution in [0.25, 0.3) is 11.2 Å². The van der Waals surface area contributed by atoms with Crippen LogP contribution in [0.2, 0.25) is 0 Å². The van der Waals surface area contributed by atoms with Gasteiger partial charge in [0.15, 0.2) is 5.52 Å². The summed E-state index contributed by atoms with van der Waals surface area (Å²) >= 11 is 0. The van der Waals surface area contributed by atoms with E-state index in [1.54, 1.807) is 6.33 Å². The van der Waals surface area contributed by atoms with Gasteiger partial charge in [0.05, 0.1) is 27.0 Å². The smallest absolute Gasteiger partial charge is 0.396 e. The highest BCUT2D eigenvalue weighted by atomic mass is 16.5. The van der Waals surface area contributed by atoms with Crippen LogP contribution in [0.15, 0.2) is 6.33 Å². The summed E-state index contributed by atoms with van der Waals surface area (Å²) in [6, 6.07) is 0. The molecule has 0 radical (unpaired) electrons. The van der Waals surface area contributed by atoms with Gasteiger partial charge in [-0.1, -0.05) is 19.3 Å². The number of nitrogens with zero attached hydrogens (tertiary/aromatic N) is 3. The van der Waals surface area contributed by atoms with E-state index in [4.69, 9.17) is 4.74 Å². The summed E-state index contributed by atoms with van der Waals surface area (Å²) in [5.74, 6) is 2.16. The van der Waals surface area contributed by atoms with Crippen LogP contribution in [0.3, 0.4) is 0 Å². The van der Waals surface area contributed by atoms with Crippen molar-refractivity contribution >= 4 is 17.1 Å². The lowest BCUT2D eigenvalue weighted by Gasteiger charge is -2.21. The summed E-state index contributed by atoms with van der Waals surface area (Å²) in [5.41, 5.74) is 1.53. The summed E-state index contributed by atoms with van der Waals surface area (Å²) in [6.07, 6.45) is 8.23. The predicted molar refractivity (Wildman–Crippen MR) is 76.8 cm³/mol. The minimum atomic E-state index is 0.672. The maximum absolute atomic E-state index is 6.01. The van der Waals surface area contributed by atoms with Gasteiger partial charge in [0.1, 0.15) is 0 Å². The van der Waals surface area contributed by atoms with Crippen LogP contribution in [0.4, 0.5) is 5.95 Å². The lowest BCUT2D eigenvalue weighted by Crippen LogP contribution is -2.26. The largest absolute Gasteiger partial charge is 0.466 e. The number of rotatable bonds is 4. The molecule has 6 heteroatoms. The van der Waals surface area contributed by atoms with Gasteiger partial charge >= 0.3 is 5.95 Å². The molecule has 1 fully saturated rings. The zero-order valence-corrected chi connectivity index (χ0v) is 12.1. The maximum atomic E-state index is 6.01. The second kappa shape index (κ2) is 5.64. The van der Waals surface area contributed by atoms with E-state index in [0.29, 0.717) is 11.6 Å². The normalized spacial score (nSPS) is 16.5. The molecule has 0 bridgehead atoms. The van der Waals surface area contributed by atoms with Crippen LogP contribution in [0.5, 0.6) is 5.88 Å². The highest BCUT2D eigenvalue weighted by molar-refractivity contribution is 5.74. The van der Waals surface area contributed by atoms with Crippen molar-refractivity contribution in [3.05, 3.63) is 6.33 Å². The van der Waals surface area contributed by atoms with Gasteiger partial charge in [-0.05, 0) is 23.7 Å². The molecular weight excluding hydrogens is 254 g/mol. The van der Waals surface area contributed by atoms with Gasteiger partial charge in [0.2, 0.25) is 0 Å². The van der Waals surface area contributed by atoms with E-state index in [9.17, 15) is 0 Å². The third-order valence-corrected chi connectivity index (χ3v) is 3.90. The summed E-state index contributed by atoms with van der Waals surface area (Å²) in [7, 11) is 3.89. The number of ether oxygens (including phenoxy) is 1. The topological polar surface area (TPSA) is 68.2 Å². The standard InChI is InChI=1S/C14H21N5O/c1-19(2)14-17-12-11(15-9-16-12)13(18-14)20-8-10-6-4-3-5-7-10/h9-10H,3-8H2,1-2H3,(H,15,16,17,18)/p+1. The van der Waals surface area contributed by atoms with Gasteiger partial charge in [-0.25, -0.2) is 9.97 Å². The number of hydrogen-bond donors (Lipinski definition) is 1. The molecule has 0 saturated heterocycles. The number of hydrogen-bond acceptors (Lipinski definition) is 4. The van der Waals surface area contributed by atoms with Crippen molar-refractivity contribution in [3.8, 4) is 5.88 Å². The average molecular weight is 276 g/mol. The van der Waals surface area contributed by atoms with Gasteiger partial charge in [-0.3, -0.25) is 4.90 Å². The molecule has 0 aromatic carbocycles. The first-order valence-corrected chi connectivity index (χ1v) is 7.30. The molecule has 2 heterocycles. The van der Waals surface area contributed by atoms with Crippen LogP contribution in [0, 0.1) is 5.92 Å². The summed E-state index contributed by atoms with van der Waals surface area (Å²) in [4.78, 5) is 16.9. The number of fused-ring (bicyclic) bond motifs is 1. The van der Waals surface area contributed by atoms with Crippen LogP contribution in [-0.4, -0.2) is 35.7 Å². The van der Waals surface area contributed by atoms with Gasteiger partial charge in [0.25, 0.3) is 11.5 Å². The van der Waals surface area contributed by atoms with Crippen LogP contribution >= 0.6 is 0 Å². The fraction of sp³-hybridized carbons (Fsp3) is 0.643. The summed E-state index contributed by atoms with van der Waals surface area (Å²) in [6.45, 7) is 0.765. The highest BCUT2D eigenvalue weighted by Crippen LogP contribution is 2.25. The lowest BCUT2D eigenvalue weighted by molar-refractivity contribution is -0.382. The molecule has 6 nitrogen and oxygen atoms in total. The zero-order valence-electron chi connectivity index (χ0n) is 12.1. The minimum Gasteiger partial charge on any atom is -0.466 e. The zero-order chi connectivity index (χ0) is 13.9.